The predicted octanol–water partition coefficient (Wildman–Crippen LogP) is 13.7. The first kappa shape index (κ1) is 31.9. The first-order valence-corrected chi connectivity index (χ1v) is 18.7. The van der Waals surface area contributed by atoms with Gasteiger partial charge in [-0.25, -0.2) is 15.0 Å². The summed E-state index contributed by atoms with van der Waals surface area (Å²) in [6.07, 6.45) is 0. The highest BCUT2D eigenvalue weighted by Crippen LogP contribution is 2.44. The molecule has 8 aromatic carbocycles. The number of hydrogen-bond acceptors (Lipinski definition) is 5. The number of aromatic nitrogens is 3. The van der Waals surface area contributed by atoms with E-state index in [0.29, 0.717) is 17.5 Å². The van der Waals surface area contributed by atoms with Gasteiger partial charge in [-0.05, 0) is 64.2 Å². The normalized spacial score (nSPS) is 11.6. The Hall–Kier alpha value is -7.63. The zero-order chi connectivity index (χ0) is 37.0. The van der Waals surface area contributed by atoms with Gasteiger partial charge in [-0.15, -0.1) is 0 Å². The highest BCUT2D eigenvalue weighted by atomic mass is 16.3. The number of benzene rings is 8. The van der Waals surface area contributed by atoms with E-state index in [-0.39, 0.29) is 0 Å². The molecule has 0 radical (unpaired) electrons. The maximum Gasteiger partial charge on any atom is 0.164 e. The van der Waals surface area contributed by atoms with Gasteiger partial charge < -0.3 is 8.83 Å². The molecule has 0 saturated heterocycles. The van der Waals surface area contributed by atoms with Crippen molar-refractivity contribution >= 4 is 43.9 Å². The van der Waals surface area contributed by atoms with Gasteiger partial charge in [-0.1, -0.05) is 152 Å². The topological polar surface area (TPSA) is 65.0 Å². The van der Waals surface area contributed by atoms with Crippen molar-refractivity contribution in [1.29, 1.82) is 0 Å². The molecule has 5 heteroatoms. The maximum atomic E-state index is 6.83. The second kappa shape index (κ2) is 13.0. The van der Waals surface area contributed by atoms with Crippen LogP contribution in [-0.2, 0) is 0 Å². The minimum absolute atomic E-state index is 0.571. The summed E-state index contributed by atoms with van der Waals surface area (Å²) in [4.78, 5) is 15.4. The van der Waals surface area contributed by atoms with Crippen LogP contribution in [-0.4, -0.2) is 15.0 Å². The molecule has 0 N–H and O–H groups in total. The van der Waals surface area contributed by atoms with E-state index in [1.54, 1.807) is 0 Å². The Balaban J connectivity index is 1.11. The molecule has 0 aliphatic carbocycles. The molecule has 0 spiro atoms. The van der Waals surface area contributed by atoms with Crippen molar-refractivity contribution in [3.63, 3.8) is 0 Å². The van der Waals surface area contributed by atoms with Gasteiger partial charge in [-0.3, -0.25) is 0 Å². The molecule has 0 fully saturated rings. The summed E-state index contributed by atoms with van der Waals surface area (Å²) in [5.74, 6) is 1.75. The van der Waals surface area contributed by atoms with Crippen LogP contribution in [0, 0.1) is 0 Å². The van der Waals surface area contributed by atoms with Crippen LogP contribution in [0.5, 0.6) is 0 Å². The molecule has 262 valence electrons. The van der Waals surface area contributed by atoms with E-state index < -0.39 is 0 Å². The van der Waals surface area contributed by atoms with Crippen LogP contribution < -0.4 is 0 Å². The highest BCUT2D eigenvalue weighted by molar-refractivity contribution is 6.15. The third-order valence-corrected chi connectivity index (χ3v) is 10.6. The van der Waals surface area contributed by atoms with Crippen LogP contribution in [0.3, 0.4) is 0 Å². The Labute approximate surface area is 322 Å². The third kappa shape index (κ3) is 5.37. The first-order valence-electron chi connectivity index (χ1n) is 18.7. The second-order valence-corrected chi connectivity index (χ2v) is 13.9. The zero-order valence-corrected chi connectivity index (χ0v) is 30.1. The Morgan fingerprint density at radius 3 is 1.68 bits per heavy atom. The first-order chi connectivity index (χ1) is 27.7. The second-order valence-electron chi connectivity index (χ2n) is 13.9. The quantitative estimate of drug-likeness (QED) is 0.171. The molecule has 0 aliphatic rings. The molecule has 0 aliphatic heterocycles. The molecular weight excluding hydrogens is 687 g/mol. The molecule has 3 aromatic heterocycles. The standard InChI is InChI=1S/C51H31N3O2/c1-4-14-32(15-5-1)35-26-28-37(42(30-35)33-16-6-2-7-17-33)39-21-12-22-40-47-41(23-13-25-46(47)56-48(39)40)51-53-49(34-18-8-3-9-19-34)52-50(54-51)36-27-29-45-43(31-36)38-20-10-11-24-44(38)55-45/h1-31H. The smallest absolute Gasteiger partial charge is 0.164 e. The van der Waals surface area contributed by atoms with E-state index in [1.165, 1.54) is 5.56 Å². The van der Waals surface area contributed by atoms with Gasteiger partial charge in [0.15, 0.2) is 17.5 Å². The van der Waals surface area contributed by atoms with Crippen molar-refractivity contribution in [3.05, 3.63) is 188 Å². The van der Waals surface area contributed by atoms with Crippen LogP contribution in [0.15, 0.2) is 197 Å². The summed E-state index contributed by atoms with van der Waals surface area (Å²) in [5, 5.41) is 4.02. The summed E-state index contributed by atoms with van der Waals surface area (Å²) in [5.41, 5.74) is 12.6. The highest BCUT2D eigenvalue weighted by Gasteiger charge is 2.21. The van der Waals surface area contributed by atoms with Crippen molar-refractivity contribution in [2.75, 3.05) is 0 Å². The number of rotatable bonds is 6. The monoisotopic (exact) mass is 717 g/mol. The Bertz CT molecular complexity index is 3240. The van der Waals surface area contributed by atoms with Crippen LogP contribution in [0.2, 0.25) is 0 Å². The summed E-state index contributed by atoms with van der Waals surface area (Å²) in [6, 6.07) is 64.6. The van der Waals surface area contributed by atoms with Gasteiger partial charge in [0.25, 0.3) is 0 Å². The molecule has 11 aromatic rings. The fraction of sp³-hybridized carbons (Fsp3) is 0. The largest absolute Gasteiger partial charge is 0.456 e. The van der Waals surface area contributed by atoms with Crippen LogP contribution in [0.25, 0.3) is 111 Å². The van der Waals surface area contributed by atoms with Gasteiger partial charge in [0.05, 0.1) is 0 Å². The fourth-order valence-electron chi connectivity index (χ4n) is 7.90. The lowest BCUT2D eigenvalue weighted by molar-refractivity contribution is 0.669. The number of nitrogens with zero attached hydrogens (tertiary/aromatic N) is 3. The summed E-state index contributed by atoms with van der Waals surface area (Å²) in [6.45, 7) is 0. The Morgan fingerprint density at radius 2 is 0.875 bits per heavy atom. The molecule has 0 saturated carbocycles. The zero-order valence-electron chi connectivity index (χ0n) is 30.1. The summed E-state index contributed by atoms with van der Waals surface area (Å²) >= 11 is 0. The molecular formula is C51H31N3O2. The van der Waals surface area contributed by atoms with Crippen molar-refractivity contribution in [2.24, 2.45) is 0 Å². The average molecular weight is 718 g/mol. The van der Waals surface area contributed by atoms with E-state index in [2.05, 4.69) is 115 Å². The van der Waals surface area contributed by atoms with Gasteiger partial charge in [-0.2, -0.15) is 0 Å². The number of fused-ring (bicyclic) bond motifs is 6. The third-order valence-electron chi connectivity index (χ3n) is 10.6. The van der Waals surface area contributed by atoms with Crippen molar-refractivity contribution in [1.82, 2.24) is 15.0 Å². The molecule has 0 unspecified atom stereocenters. The van der Waals surface area contributed by atoms with Crippen molar-refractivity contribution < 1.29 is 8.83 Å². The summed E-state index contributed by atoms with van der Waals surface area (Å²) < 4.78 is 13.0. The Morgan fingerprint density at radius 1 is 0.286 bits per heavy atom. The lowest BCUT2D eigenvalue weighted by atomic mass is 9.90. The van der Waals surface area contributed by atoms with Crippen molar-refractivity contribution in [2.45, 2.75) is 0 Å². The van der Waals surface area contributed by atoms with Crippen molar-refractivity contribution in [3.8, 4) is 67.5 Å². The maximum absolute atomic E-state index is 6.83. The van der Waals surface area contributed by atoms with Crippen LogP contribution in [0.1, 0.15) is 0 Å². The molecule has 5 nitrogen and oxygen atoms in total. The van der Waals surface area contributed by atoms with Crippen LogP contribution >= 0.6 is 0 Å². The van der Waals surface area contributed by atoms with E-state index in [9.17, 15) is 0 Å². The predicted molar refractivity (Wildman–Crippen MR) is 227 cm³/mol. The van der Waals surface area contributed by atoms with E-state index in [1.807, 2.05) is 72.8 Å². The lowest BCUT2D eigenvalue weighted by Crippen LogP contribution is -2.00. The SMILES string of the molecule is c1ccc(-c2ccc(-c3cccc4c3oc3cccc(-c5nc(-c6ccccc6)nc(-c6ccc7oc8ccccc8c7c6)n5)c34)c(-c3ccccc3)c2)cc1. The Kier molecular flexibility index (Phi) is 7.42. The average Bonchev–Trinajstić information content (AvgIpc) is 3.85. The minimum Gasteiger partial charge on any atom is -0.456 e. The van der Waals surface area contributed by atoms with Gasteiger partial charge in [0, 0.05) is 43.8 Å². The molecule has 56 heavy (non-hydrogen) atoms. The van der Waals surface area contributed by atoms with E-state index in [0.717, 1.165) is 88.4 Å². The molecule has 0 atom stereocenters. The molecule has 11 rings (SSSR count). The number of para-hydroxylation sites is 2. The van der Waals surface area contributed by atoms with Gasteiger partial charge in [0.2, 0.25) is 0 Å². The molecule has 0 amide bonds. The lowest BCUT2D eigenvalue weighted by Gasteiger charge is -2.13. The van der Waals surface area contributed by atoms with E-state index >= 15 is 0 Å². The molecule has 0 bridgehead atoms. The minimum atomic E-state index is 0.571. The fourth-order valence-corrected chi connectivity index (χ4v) is 7.90. The van der Waals surface area contributed by atoms with E-state index in [4.69, 9.17) is 23.8 Å². The van der Waals surface area contributed by atoms with Crippen LogP contribution in [0.4, 0.5) is 0 Å². The number of hydrogen-bond donors (Lipinski definition) is 0. The van der Waals surface area contributed by atoms with Gasteiger partial charge >= 0.3 is 0 Å². The summed E-state index contributed by atoms with van der Waals surface area (Å²) in [7, 11) is 0. The van der Waals surface area contributed by atoms with Gasteiger partial charge in [0.1, 0.15) is 22.3 Å². The molecule has 3 heterocycles. The number of furan rings is 2.